The zero-order valence-electron chi connectivity index (χ0n) is 21.7. The highest BCUT2D eigenvalue weighted by Gasteiger charge is 2.35. The fourth-order valence-electron chi connectivity index (χ4n) is 4.88. The van der Waals surface area contributed by atoms with E-state index in [1.807, 2.05) is 31.3 Å². The van der Waals surface area contributed by atoms with E-state index in [0.29, 0.717) is 5.69 Å². The summed E-state index contributed by atoms with van der Waals surface area (Å²) in [7, 11) is 0. The van der Waals surface area contributed by atoms with Crippen molar-refractivity contribution in [3.8, 4) is 11.1 Å². The summed E-state index contributed by atoms with van der Waals surface area (Å²) >= 11 is 0. The first-order valence-corrected chi connectivity index (χ1v) is 12.6. The van der Waals surface area contributed by atoms with Gasteiger partial charge in [0.1, 0.15) is 5.69 Å². The first-order chi connectivity index (χ1) is 17.1. The van der Waals surface area contributed by atoms with Gasteiger partial charge in [-0.05, 0) is 81.0 Å². The number of nitrogens with zero attached hydrogens (tertiary/aromatic N) is 3. The molecule has 0 bridgehead atoms. The molecule has 36 heavy (non-hydrogen) atoms. The topological polar surface area (TPSA) is 58.1 Å². The van der Waals surface area contributed by atoms with Crippen LogP contribution in [-0.4, -0.2) is 28.0 Å². The monoisotopic (exact) mass is 492 g/mol. The second-order valence-electron chi connectivity index (χ2n) is 9.99. The zero-order valence-corrected chi connectivity index (χ0v) is 21.7. The molecular weight excluding hydrogens is 458 g/mol. The molecule has 2 aromatic heterocycles. The molecule has 1 atom stereocenters. The number of carbonyl (C=O) groups is 1. The molecule has 1 amide bonds. The number of anilines is 2. The molecule has 7 heteroatoms. The lowest BCUT2D eigenvalue weighted by molar-refractivity contribution is 0.0127. The van der Waals surface area contributed by atoms with Crippen LogP contribution in [0.4, 0.5) is 20.2 Å². The van der Waals surface area contributed by atoms with Crippen molar-refractivity contribution in [3.63, 3.8) is 0 Å². The molecule has 0 radical (unpaired) electrons. The Balaban J connectivity index is 1.65. The molecule has 1 aromatic carbocycles. The smallest absolute Gasteiger partial charge is 0.286 e. The summed E-state index contributed by atoms with van der Waals surface area (Å²) in [6.45, 7) is 10.5. The van der Waals surface area contributed by atoms with Crippen LogP contribution >= 0.6 is 0 Å². The Hall–Kier alpha value is -3.35. The minimum absolute atomic E-state index is 0.104. The second-order valence-corrected chi connectivity index (χ2v) is 9.99. The van der Waals surface area contributed by atoms with Crippen LogP contribution in [-0.2, 0) is 12.3 Å². The molecule has 0 saturated heterocycles. The number of alkyl halides is 2. The minimum atomic E-state index is -3.12. The van der Waals surface area contributed by atoms with E-state index in [4.69, 9.17) is 4.98 Å². The quantitative estimate of drug-likeness (QED) is 0.381. The third kappa shape index (κ3) is 5.11. The lowest BCUT2D eigenvalue weighted by atomic mass is 9.84. The third-order valence-corrected chi connectivity index (χ3v) is 7.28. The lowest BCUT2D eigenvalue weighted by Crippen LogP contribution is -2.50. The van der Waals surface area contributed by atoms with Crippen molar-refractivity contribution in [2.24, 2.45) is 0 Å². The number of benzene rings is 1. The average molecular weight is 493 g/mol. The van der Waals surface area contributed by atoms with Crippen LogP contribution in [0, 0.1) is 6.92 Å². The summed E-state index contributed by atoms with van der Waals surface area (Å²) in [5.41, 5.74) is 5.71. The van der Waals surface area contributed by atoms with E-state index < -0.39 is 17.5 Å². The predicted octanol–water partition coefficient (Wildman–Crippen LogP) is 7.15. The molecule has 1 unspecified atom stereocenters. The molecule has 0 fully saturated rings. The van der Waals surface area contributed by atoms with E-state index in [-0.39, 0.29) is 11.1 Å². The molecule has 0 aliphatic carbocycles. The van der Waals surface area contributed by atoms with Gasteiger partial charge in [0.2, 0.25) is 0 Å². The van der Waals surface area contributed by atoms with Gasteiger partial charge in [-0.15, -0.1) is 0 Å². The molecule has 3 aromatic rings. The van der Waals surface area contributed by atoms with E-state index in [2.05, 4.69) is 42.0 Å². The summed E-state index contributed by atoms with van der Waals surface area (Å²) in [5.74, 6) is -3.58. The number of halogens is 2. The number of carbonyl (C=O) groups excluding carboxylic acids is 1. The summed E-state index contributed by atoms with van der Waals surface area (Å²) < 4.78 is 27.3. The molecule has 190 valence electrons. The van der Waals surface area contributed by atoms with Crippen molar-refractivity contribution >= 4 is 17.3 Å². The highest BCUT2D eigenvalue weighted by Crippen LogP contribution is 2.40. The SMILES string of the molecule is CCCN1c2cc(-c3cc(NC(=O)c4ccnc(C(C)(F)F)c4)ccc3C)cnc2CCC1(C)CC. The first kappa shape index (κ1) is 25.7. The highest BCUT2D eigenvalue weighted by molar-refractivity contribution is 6.04. The number of hydrogen-bond acceptors (Lipinski definition) is 4. The number of pyridine rings is 2. The Bertz CT molecular complexity index is 1270. The van der Waals surface area contributed by atoms with E-state index in [9.17, 15) is 13.6 Å². The average Bonchev–Trinajstić information content (AvgIpc) is 2.86. The molecule has 0 saturated carbocycles. The van der Waals surface area contributed by atoms with E-state index >= 15 is 0 Å². The third-order valence-electron chi connectivity index (χ3n) is 7.28. The first-order valence-electron chi connectivity index (χ1n) is 12.6. The predicted molar refractivity (Wildman–Crippen MR) is 141 cm³/mol. The van der Waals surface area contributed by atoms with Crippen molar-refractivity contribution in [3.05, 3.63) is 71.3 Å². The standard InChI is InChI=1S/C29H34F2N4O/c1-6-14-35-25-15-21(18-33-24(25)10-12-28(35,4)7-2)23-17-22(9-8-19(23)3)34-27(36)20-11-13-32-26(16-20)29(5,30)31/h8-9,11,13,15-18H,6-7,10,12,14H2,1-5H3,(H,34,36). The number of fused-ring (bicyclic) bond motifs is 1. The van der Waals surface area contributed by atoms with Crippen LogP contribution < -0.4 is 10.2 Å². The van der Waals surface area contributed by atoms with Crippen molar-refractivity contribution in [1.82, 2.24) is 9.97 Å². The van der Waals surface area contributed by atoms with Gasteiger partial charge in [-0.1, -0.05) is 19.9 Å². The number of aryl methyl sites for hydroxylation is 2. The summed E-state index contributed by atoms with van der Waals surface area (Å²) in [4.78, 5) is 23.9. The number of hydrogen-bond donors (Lipinski definition) is 1. The molecule has 0 spiro atoms. The maximum absolute atomic E-state index is 13.7. The summed E-state index contributed by atoms with van der Waals surface area (Å²) in [6.07, 6.45) is 7.31. The maximum atomic E-state index is 13.7. The fraction of sp³-hybridized carbons (Fsp3) is 0.414. The minimum Gasteiger partial charge on any atom is -0.365 e. The van der Waals surface area contributed by atoms with Crippen molar-refractivity contribution < 1.29 is 13.6 Å². The van der Waals surface area contributed by atoms with Gasteiger partial charge in [-0.2, -0.15) is 8.78 Å². The second kappa shape index (κ2) is 9.96. The summed E-state index contributed by atoms with van der Waals surface area (Å²) in [6, 6.07) is 10.5. The number of aromatic nitrogens is 2. The molecule has 1 aliphatic heterocycles. The Morgan fingerprint density at radius 3 is 2.64 bits per heavy atom. The van der Waals surface area contributed by atoms with Gasteiger partial charge in [0.25, 0.3) is 11.8 Å². The Morgan fingerprint density at radius 2 is 1.94 bits per heavy atom. The van der Waals surface area contributed by atoms with Crippen LogP contribution in [0.5, 0.6) is 0 Å². The van der Waals surface area contributed by atoms with Crippen LogP contribution in [0.2, 0.25) is 0 Å². The van der Waals surface area contributed by atoms with Crippen LogP contribution in [0.1, 0.15) is 74.3 Å². The summed E-state index contributed by atoms with van der Waals surface area (Å²) in [5, 5.41) is 2.85. The molecule has 4 rings (SSSR count). The Morgan fingerprint density at radius 1 is 1.17 bits per heavy atom. The van der Waals surface area contributed by atoms with Crippen molar-refractivity contribution in [2.75, 3.05) is 16.8 Å². The number of amides is 1. The van der Waals surface area contributed by atoms with Gasteiger partial charge in [0, 0.05) is 48.2 Å². The van der Waals surface area contributed by atoms with Crippen LogP contribution in [0.25, 0.3) is 11.1 Å². The number of nitrogens with one attached hydrogen (secondary N) is 1. The largest absolute Gasteiger partial charge is 0.365 e. The van der Waals surface area contributed by atoms with E-state index in [1.54, 1.807) is 0 Å². The van der Waals surface area contributed by atoms with Crippen molar-refractivity contribution in [1.29, 1.82) is 0 Å². The van der Waals surface area contributed by atoms with Gasteiger partial charge in [-0.3, -0.25) is 14.8 Å². The van der Waals surface area contributed by atoms with Gasteiger partial charge in [0.15, 0.2) is 0 Å². The lowest BCUT2D eigenvalue weighted by Gasteiger charge is -2.47. The number of rotatable bonds is 7. The molecular formula is C29H34F2N4O. The Kier molecular flexibility index (Phi) is 7.12. The van der Waals surface area contributed by atoms with Crippen LogP contribution in [0.15, 0.2) is 48.8 Å². The van der Waals surface area contributed by atoms with Gasteiger partial charge < -0.3 is 10.2 Å². The van der Waals surface area contributed by atoms with E-state index in [1.165, 1.54) is 18.0 Å². The molecule has 1 N–H and O–H groups in total. The zero-order chi connectivity index (χ0) is 26.1. The normalized spacial score (nSPS) is 17.6. The molecule has 1 aliphatic rings. The fourth-order valence-corrected chi connectivity index (χ4v) is 4.88. The van der Waals surface area contributed by atoms with Gasteiger partial charge in [-0.25, -0.2) is 0 Å². The van der Waals surface area contributed by atoms with E-state index in [0.717, 1.165) is 67.6 Å². The van der Waals surface area contributed by atoms with Crippen molar-refractivity contribution in [2.45, 2.75) is 71.8 Å². The molecule has 3 heterocycles. The maximum Gasteiger partial charge on any atom is 0.286 e. The molecule has 5 nitrogen and oxygen atoms in total. The Labute approximate surface area is 212 Å². The van der Waals surface area contributed by atoms with Crippen LogP contribution in [0.3, 0.4) is 0 Å². The highest BCUT2D eigenvalue weighted by atomic mass is 19.3. The van der Waals surface area contributed by atoms with Gasteiger partial charge >= 0.3 is 0 Å². The van der Waals surface area contributed by atoms with Gasteiger partial charge in [0.05, 0.1) is 11.4 Å².